The van der Waals surface area contributed by atoms with Crippen molar-refractivity contribution in [2.75, 3.05) is 0 Å². The van der Waals surface area contributed by atoms with Gasteiger partial charge in [-0.3, -0.25) is 0 Å². The van der Waals surface area contributed by atoms with Crippen molar-refractivity contribution < 1.29 is 0 Å². The van der Waals surface area contributed by atoms with Gasteiger partial charge < -0.3 is 5.73 Å². The molecule has 0 aliphatic carbocycles. The number of benzene rings is 2. The molecule has 0 aromatic heterocycles. The summed E-state index contributed by atoms with van der Waals surface area (Å²) in [6.07, 6.45) is 0. The van der Waals surface area contributed by atoms with Crippen molar-refractivity contribution in [2.45, 2.75) is 26.8 Å². The monoisotopic (exact) mass is 293 g/mol. The molecule has 2 aromatic carbocycles. The molecule has 0 radical (unpaired) electrons. The van der Waals surface area contributed by atoms with Gasteiger partial charge in [0.25, 0.3) is 0 Å². The van der Waals surface area contributed by atoms with Crippen LogP contribution in [0.5, 0.6) is 0 Å². The van der Waals surface area contributed by atoms with E-state index >= 15 is 0 Å². The second-order valence-corrected chi connectivity index (χ2v) is 5.78. The van der Waals surface area contributed by atoms with Gasteiger partial charge in [-0.2, -0.15) is 0 Å². The maximum Gasteiger partial charge on any atom is 0.0557 e. The van der Waals surface area contributed by atoms with E-state index in [4.69, 9.17) is 28.9 Å². The van der Waals surface area contributed by atoms with E-state index in [9.17, 15) is 0 Å². The molecule has 100 valence electrons. The van der Waals surface area contributed by atoms with Crippen molar-refractivity contribution >= 4 is 23.2 Å². The van der Waals surface area contributed by atoms with Gasteiger partial charge in [0.05, 0.1) is 6.04 Å². The minimum Gasteiger partial charge on any atom is -0.320 e. The summed E-state index contributed by atoms with van der Waals surface area (Å²) in [6, 6.07) is 9.68. The smallest absolute Gasteiger partial charge is 0.0557 e. The summed E-state index contributed by atoms with van der Waals surface area (Å²) in [5, 5.41) is 1.51. The maximum atomic E-state index is 6.40. The van der Waals surface area contributed by atoms with Crippen molar-refractivity contribution in [1.29, 1.82) is 0 Å². The number of hydrogen-bond donors (Lipinski definition) is 1. The number of rotatable bonds is 2. The Balaban J connectivity index is 2.49. The third-order valence-electron chi connectivity index (χ3n) is 3.45. The van der Waals surface area contributed by atoms with Crippen LogP contribution in [0.1, 0.15) is 33.9 Å². The van der Waals surface area contributed by atoms with E-state index in [1.165, 1.54) is 0 Å². The fourth-order valence-corrected chi connectivity index (χ4v) is 2.74. The second kappa shape index (κ2) is 5.54. The molecule has 1 nitrogen and oxygen atoms in total. The highest BCUT2D eigenvalue weighted by molar-refractivity contribution is 6.31. The third kappa shape index (κ3) is 2.94. The zero-order chi connectivity index (χ0) is 14.2. The Kier molecular flexibility index (Phi) is 4.19. The zero-order valence-corrected chi connectivity index (χ0v) is 12.8. The minimum absolute atomic E-state index is 0.159. The lowest BCUT2D eigenvalue weighted by atomic mass is 9.92. The molecule has 0 aliphatic rings. The predicted molar refractivity (Wildman–Crippen MR) is 83.1 cm³/mol. The number of halogens is 2. The lowest BCUT2D eigenvalue weighted by Gasteiger charge is -2.19. The normalized spacial score (nSPS) is 12.5. The SMILES string of the molecule is Cc1cc(C(N)c2ccc(Cl)cc2C)c(C)cc1Cl. The lowest BCUT2D eigenvalue weighted by Crippen LogP contribution is -2.15. The van der Waals surface area contributed by atoms with E-state index in [1.54, 1.807) is 0 Å². The topological polar surface area (TPSA) is 26.0 Å². The number of aryl methyl sites for hydroxylation is 3. The van der Waals surface area contributed by atoms with E-state index in [1.807, 2.05) is 45.0 Å². The van der Waals surface area contributed by atoms with Crippen LogP contribution < -0.4 is 5.73 Å². The Morgan fingerprint density at radius 1 is 0.842 bits per heavy atom. The Labute approximate surface area is 124 Å². The number of nitrogens with two attached hydrogens (primary N) is 1. The zero-order valence-electron chi connectivity index (χ0n) is 11.3. The first kappa shape index (κ1) is 14.4. The summed E-state index contributed by atoms with van der Waals surface area (Å²) in [4.78, 5) is 0. The molecular formula is C16H17Cl2N. The first-order valence-electron chi connectivity index (χ1n) is 6.18. The molecule has 0 saturated heterocycles. The molecule has 0 amide bonds. The van der Waals surface area contributed by atoms with E-state index in [0.29, 0.717) is 0 Å². The maximum absolute atomic E-state index is 6.40. The van der Waals surface area contributed by atoms with Crippen molar-refractivity contribution in [3.8, 4) is 0 Å². The standard InChI is InChI=1S/C16H17Cl2N/c1-9-6-12(17)4-5-13(9)16(19)14-7-11(3)15(18)8-10(14)2/h4-8,16H,19H2,1-3H3. The molecule has 19 heavy (non-hydrogen) atoms. The van der Waals surface area contributed by atoms with Crippen molar-refractivity contribution in [2.24, 2.45) is 5.73 Å². The molecule has 1 atom stereocenters. The van der Waals surface area contributed by atoms with Gasteiger partial charge in [0.2, 0.25) is 0 Å². The van der Waals surface area contributed by atoms with Gasteiger partial charge in [0.1, 0.15) is 0 Å². The second-order valence-electron chi connectivity index (χ2n) is 4.94. The van der Waals surface area contributed by atoms with Crippen LogP contribution in [0, 0.1) is 20.8 Å². The summed E-state index contributed by atoms with van der Waals surface area (Å²) in [7, 11) is 0. The summed E-state index contributed by atoms with van der Waals surface area (Å²) in [5.74, 6) is 0. The summed E-state index contributed by atoms with van der Waals surface area (Å²) in [5.41, 5.74) is 11.9. The van der Waals surface area contributed by atoms with Crippen LogP contribution in [0.4, 0.5) is 0 Å². The van der Waals surface area contributed by atoms with Gasteiger partial charge in [0, 0.05) is 10.0 Å². The molecule has 2 rings (SSSR count). The highest BCUT2D eigenvalue weighted by Crippen LogP contribution is 2.30. The van der Waals surface area contributed by atoms with E-state index < -0.39 is 0 Å². The van der Waals surface area contributed by atoms with Crippen LogP contribution in [0.15, 0.2) is 30.3 Å². The minimum atomic E-state index is -0.159. The fourth-order valence-electron chi connectivity index (χ4n) is 2.29. The van der Waals surface area contributed by atoms with Crippen molar-refractivity contribution in [3.05, 3.63) is 68.2 Å². The van der Waals surface area contributed by atoms with Crippen LogP contribution in [0.25, 0.3) is 0 Å². The summed E-state index contributed by atoms with van der Waals surface area (Å²) in [6.45, 7) is 6.05. The molecule has 0 bridgehead atoms. The molecule has 0 spiro atoms. The van der Waals surface area contributed by atoms with Crippen LogP contribution in [-0.2, 0) is 0 Å². The van der Waals surface area contributed by atoms with Gasteiger partial charge in [-0.15, -0.1) is 0 Å². The van der Waals surface area contributed by atoms with Gasteiger partial charge >= 0.3 is 0 Å². The van der Waals surface area contributed by atoms with Crippen molar-refractivity contribution in [3.63, 3.8) is 0 Å². The van der Waals surface area contributed by atoms with Crippen LogP contribution >= 0.6 is 23.2 Å². The molecular weight excluding hydrogens is 277 g/mol. The first-order valence-corrected chi connectivity index (χ1v) is 6.94. The quantitative estimate of drug-likeness (QED) is 0.831. The van der Waals surface area contributed by atoms with Crippen molar-refractivity contribution in [1.82, 2.24) is 0 Å². The third-order valence-corrected chi connectivity index (χ3v) is 4.09. The molecule has 0 fully saturated rings. The average molecular weight is 294 g/mol. The van der Waals surface area contributed by atoms with Crippen LogP contribution in [-0.4, -0.2) is 0 Å². The van der Waals surface area contributed by atoms with Crippen LogP contribution in [0.2, 0.25) is 10.0 Å². The Hall–Kier alpha value is -1.02. The summed E-state index contributed by atoms with van der Waals surface area (Å²) < 4.78 is 0. The molecule has 3 heteroatoms. The highest BCUT2D eigenvalue weighted by Gasteiger charge is 2.15. The molecule has 0 heterocycles. The largest absolute Gasteiger partial charge is 0.320 e. The van der Waals surface area contributed by atoms with Gasteiger partial charge in [-0.05, 0) is 66.8 Å². The lowest BCUT2D eigenvalue weighted by molar-refractivity contribution is 0.851. The fraction of sp³-hybridized carbons (Fsp3) is 0.250. The van der Waals surface area contributed by atoms with E-state index in [-0.39, 0.29) is 6.04 Å². The Bertz CT molecular complexity index is 620. The van der Waals surface area contributed by atoms with E-state index in [0.717, 1.165) is 37.9 Å². The predicted octanol–water partition coefficient (Wildman–Crippen LogP) is 4.97. The highest BCUT2D eigenvalue weighted by atomic mass is 35.5. The number of hydrogen-bond acceptors (Lipinski definition) is 1. The average Bonchev–Trinajstić information content (AvgIpc) is 2.33. The van der Waals surface area contributed by atoms with E-state index in [2.05, 4.69) is 6.07 Å². The van der Waals surface area contributed by atoms with Crippen LogP contribution in [0.3, 0.4) is 0 Å². The summed E-state index contributed by atoms with van der Waals surface area (Å²) >= 11 is 12.1. The van der Waals surface area contributed by atoms with Gasteiger partial charge in [-0.1, -0.05) is 35.3 Å². The Morgan fingerprint density at radius 3 is 2.11 bits per heavy atom. The molecule has 0 saturated carbocycles. The Morgan fingerprint density at radius 2 is 1.47 bits per heavy atom. The molecule has 0 aliphatic heterocycles. The molecule has 2 aromatic rings. The molecule has 1 unspecified atom stereocenters. The first-order chi connectivity index (χ1) is 8.90. The van der Waals surface area contributed by atoms with Gasteiger partial charge in [-0.25, -0.2) is 0 Å². The van der Waals surface area contributed by atoms with Gasteiger partial charge in [0.15, 0.2) is 0 Å². The molecule has 2 N–H and O–H groups in total.